The molecule has 4 aromatic rings. The fraction of sp³-hybridized carbons (Fsp3) is 0. The molecule has 4 rings (SSSR count). The van der Waals surface area contributed by atoms with Crippen molar-refractivity contribution in [1.82, 2.24) is 4.98 Å². The highest BCUT2D eigenvalue weighted by Crippen LogP contribution is 2.28. The number of hydrogen-bond donors (Lipinski definition) is 1. The molecule has 142 valence electrons. The van der Waals surface area contributed by atoms with Gasteiger partial charge in [-0.3, -0.25) is 4.72 Å². The molecule has 6 nitrogen and oxygen atoms in total. The number of rotatable bonds is 4. The maximum atomic E-state index is 13.8. The predicted octanol–water partition coefficient (Wildman–Crippen LogP) is 4.62. The van der Waals surface area contributed by atoms with Crippen LogP contribution in [0, 0.1) is 5.82 Å². The molecule has 0 amide bonds. The number of anilines is 1. The molecule has 0 radical (unpaired) electrons. The van der Waals surface area contributed by atoms with E-state index in [0.29, 0.717) is 11.0 Å². The summed E-state index contributed by atoms with van der Waals surface area (Å²) in [6, 6.07) is 11.9. The van der Waals surface area contributed by atoms with Crippen molar-refractivity contribution in [3.05, 3.63) is 74.6 Å². The third kappa shape index (κ3) is 3.58. The van der Waals surface area contributed by atoms with Crippen LogP contribution in [0.4, 0.5) is 9.52 Å². The van der Waals surface area contributed by atoms with Crippen molar-refractivity contribution < 1.29 is 17.2 Å². The molecule has 0 spiro atoms. The van der Waals surface area contributed by atoms with Gasteiger partial charge in [0.15, 0.2) is 5.13 Å². The number of thiazole rings is 1. The van der Waals surface area contributed by atoms with Gasteiger partial charge in [-0.15, -0.1) is 11.3 Å². The van der Waals surface area contributed by atoms with Crippen molar-refractivity contribution in [2.45, 2.75) is 4.90 Å². The van der Waals surface area contributed by atoms with E-state index in [0.717, 1.165) is 27.9 Å². The molecule has 10 heteroatoms. The van der Waals surface area contributed by atoms with Crippen molar-refractivity contribution in [1.29, 1.82) is 0 Å². The summed E-state index contributed by atoms with van der Waals surface area (Å²) in [5.41, 5.74) is 0.279. The number of aromatic nitrogens is 1. The van der Waals surface area contributed by atoms with Gasteiger partial charge in [0.1, 0.15) is 16.3 Å². The van der Waals surface area contributed by atoms with Crippen LogP contribution in [0.1, 0.15) is 0 Å². The summed E-state index contributed by atoms with van der Waals surface area (Å²) in [7, 11) is -4.15. The SMILES string of the molecule is O=c1oc2ccc(Br)cc2cc1-c1csc(NS(=O)(=O)c2ccccc2F)n1. The maximum Gasteiger partial charge on any atom is 0.345 e. The monoisotopic (exact) mass is 480 g/mol. The summed E-state index contributed by atoms with van der Waals surface area (Å²) in [6.45, 7) is 0. The van der Waals surface area contributed by atoms with Gasteiger partial charge in [-0.1, -0.05) is 28.1 Å². The Bertz CT molecular complexity index is 1370. The Hall–Kier alpha value is -2.56. The summed E-state index contributed by atoms with van der Waals surface area (Å²) in [5, 5.41) is 2.22. The van der Waals surface area contributed by atoms with Crippen LogP contribution in [0.25, 0.3) is 22.2 Å². The Morgan fingerprint density at radius 1 is 1.14 bits per heavy atom. The first-order valence-corrected chi connectivity index (χ1v) is 11.0. The van der Waals surface area contributed by atoms with Gasteiger partial charge in [0.05, 0.1) is 11.3 Å². The van der Waals surface area contributed by atoms with Crippen LogP contribution in [0.2, 0.25) is 0 Å². The molecular weight excluding hydrogens is 471 g/mol. The normalized spacial score (nSPS) is 11.6. The van der Waals surface area contributed by atoms with Gasteiger partial charge in [0.25, 0.3) is 10.0 Å². The molecule has 0 bridgehead atoms. The van der Waals surface area contributed by atoms with Gasteiger partial charge in [0, 0.05) is 15.2 Å². The summed E-state index contributed by atoms with van der Waals surface area (Å²) < 4.78 is 46.9. The molecule has 2 heterocycles. The van der Waals surface area contributed by atoms with E-state index in [2.05, 4.69) is 25.6 Å². The Kier molecular flexibility index (Phi) is 4.77. The van der Waals surface area contributed by atoms with Crippen LogP contribution in [-0.2, 0) is 10.0 Å². The molecule has 0 unspecified atom stereocenters. The van der Waals surface area contributed by atoms with Gasteiger partial charge < -0.3 is 4.42 Å². The number of sulfonamides is 1. The number of nitrogens with zero attached hydrogens (tertiary/aromatic N) is 1. The molecule has 0 atom stereocenters. The van der Waals surface area contributed by atoms with Crippen molar-refractivity contribution in [2.24, 2.45) is 0 Å². The van der Waals surface area contributed by atoms with E-state index >= 15 is 0 Å². The summed E-state index contributed by atoms with van der Waals surface area (Å²) >= 11 is 4.33. The van der Waals surface area contributed by atoms with Crippen molar-refractivity contribution in [3.8, 4) is 11.3 Å². The van der Waals surface area contributed by atoms with Crippen molar-refractivity contribution in [2.75, 3.05) is 4.72 Å². The van der Waals surface area contributed by atoms with Gasteiger partial charge in [-0.25, -0.2) is 22.6 Å². The smallest absolute Gasteiger partial charge is 0.345 e. The standard InChI is InChI=1S/C18H10BrFN2O4S2/c19-11-5-6-15-10(7-11)8-12(17(23)26-15)14-9-27-18(21-14)22-28(24,25)16-4-2-1-3-13(16)20/h1-9H,(H,21,22). The first-order valence-electron chi connectivity index (χ1n) is 7.80. The minimum Gasteiger partial charge on any atom is -0.422 e. The summed E-state index contributed by atoms with van der Waals surface area (Å²) in [4.78, 5) is 15.9. The highest BCUT2D eigenvalue weighted by Gasteiger charge is 2.21. The van der Waals surface area contributed by atoms with E-state index in [4.69, 9.17) is 4.42 Å². The zero-order valence-electron chi connectivity index (χ0n) is 13.8. The Morgan fingerprint density at radius 2 is 1.93 bits per heavy atom. The van der Waals surface area contributed by atoms with E-state index in [1.165, 1.54) is 17.5 Å². The highest BCUT2D eigenvalue weighted by molar-refractivity contribution is 9.10. The van der Waals surface area contributed by atoms with Gasteiger partial charge in [-0.05, 0) is 36.4 Å². The van der Waals surface area contributed by atoms with Crippen LogP contribution in [0.3, 0.4) is 0 Å². The molecule has 2 aromatic carbocycles. The van der Waals surface area contributed by atoms with E-state index in [1.54, 1.807) is 24.3 Å². The van der Waals surface area contributed by atoms with Gasteiger partial charge >= 0.3 is 5.63 Å². The summed E-state index contributed by atoms with van der Waals surface area (Å²) in [6.07, 6.45) is 0. The van der Waals surface area contributed by atoms with Crippen LogP contribution in [-0.4, -0.2) is 13.4 Å². The van der Waals surface area contributed by atoms with Gasteiger partial charge in [-0.2, -0.15) is 0 Å². The Labute approximate surface area is 170 Å². The number of hydrogen-bond acceptors (Lipinski definition) is 6. The number of benzene rings is 2. The molecular formula is C18H10BrFN2O4S2. The first-order chi connectivity index (χ1) is 13.3. The molecule has 0 aliphatic rings. The molecule has 0 saturated carbocycles. The van der Waals surface area contributed by atoms with Crippen LogP contribution >= 0.6 is 27.3 Å². The predicted molar refractivity (Wildman–Crippen MR) is 109 cm³/mol. The largest absolute Gasteiger partial charge is 0.422 e. The van der Waals surface area contributed by atoms with E-state index in [1.807, 2.05) is 0 Å². The second kappa shape index (κ2) is 7.12. The summed E-state index contributed by atoms with van der Waals surface area (Å²) in [5.74, 6) is -0.868. The highest BCUT2D eigenvalue weighted by atomic mass is 79.9. The second-order valence-electron chi connectivity index (χ2n) is 5.70. The topological polar surface area (TPSA) is 89.3 Å². The Balaban J connectivity index is 1.70. The number of fused-ring (bicyclic) bond motifs is 1. The van der Waals surface area contributed by atoms with Crippen molar-refractivity contribution in [3.63, 3.8) is 0 Å². The lowest BCUT2D eigenvalue weighted by Gasteiger charge is -2.05. The zero-order chi connectivity index (χ0) is 19.9. The lowest BCUT2D eigenvalue weighted by Crippen LogP contribution is -2.14. The van der Waals surface area contributed by atoms with Crippen molar-refractivity contribution >= 4 is 53.4 Å². The Morgan fingerprint density at radius 3 is 2.71 bits per heavy atom. The quantitative estimate of drug-likeness (QED) is 0.430. The first kappa shape index (κ1) is 18.8. The minimum atomic E-state index is -4.15. The van der Waals surface area contributed by atoms with Crippen LogP contribution < -0.4 is 10.3 Å². The average Bonchev–Trinajstić information content (AvgIpc) is 3.09. The lowest BCUT2D eigenvalue weighted by molar-refractivity contribution is 0.563. The number of halogens is 2. The fourth-order valence-corrected chi connectivity index (χ4v) is 4.97. The van der Waals surface area contributed by atoms with E-state index < -0.39 is 26.4 Å². The maximum absolute atomic E-state index is 13.8. The molecule has 2 aromatic heterocycles. The zero-order valence-corrected chi connectivity index (χ0v) is 17.1. The molecule has 0 fully saturated rings. The van der Waals surface area contributed by atoms with E-state index in [-0.39, 0.29) is 16.4 Å². The third-order valence-corrected chi connectivity index (χ3v) is 6.57. The molecule has 0 aliphatic heterocycles. The van der Waals surface area contributed by atoms with E-state index in [9.17, 15) is 17.6 Å². The van der Waals surface area contributed by atoms with Crippen LogP contribution in [0.15, 0.2) is 72.5 Å². The molecule has 0 saturated heterocycles. The number of nitrogens with one attached hydrogen (secondary N) is 1. The van der Waals surface area contributed by atoms with Gasteiger partial charge in [0.2, 0.25) is 0 Å². The minimum absolute atomic E-state index is 0.00647. The average molecular weight is 481 g/mol. The second-order valence-corrected chi connectivity index (χ2v) is 9.13. The lowest BCUT2D eigenvalue weighted by atomic mass is 10.1. The van der Waals surface area contributed by atoms with Crippen LogP contribution in [0.5, 0.6) is 0 Å². The third-order valence-electron chi connectivity index (χ3n) is 3.82. The molecule has 0 aliphatic carbocycles. The molecule has 28 heavy (non-hydrogen) atoms. The molecule has 1 N–H and O–H groups in total. The fourth-order valence-electron chi connectivity index (χ4n) is 2.55.